The summed E-state index contributed by atoms with van der Waals surface area (Å²) in [6, 6.07) is 4.93. The van der Waals surface area contributed by atoms with Gasteiger partial charge in [0, 0.05) is 51.2 Å². The first-order valence-corrected chi connectivity index (χ1v) is 11.1. The lowest BCUT2D eigenvalue weighted by molar-refractivity contribution is -0.129. The van der Waals surface area contributed by atoms with Crippen LogP contribution in [0.15, 0.2) is 30.2 Å². The van der Waals surface area contributed by atoms with Crippen molar-refractivity contribution in [2.45, 2.75) is 5.92 Å². The molecule has 0 unspecified atom stereocenters. The molecule has 3 heterocycles. The molecule has 2 aliphatic heterocycles. The number of likely N-dealkylation sites (N-methyl/N-ethyl adjacent to an activating group) is 1. The van der Waals surface area contributed by atoms with Crippen LogP contribution in [-0.2, 0) is 14.3 Å². The Bertz CT molecular complexity index is 1210. The topological polar surface area (TPSA) is 103 Å². The van der Waals surface area contributed by atoms with Gasteiger partial charge in [0.25, 0.3) is 5.92 Å². The molecule has 1 aromatic carbocycles. The summed E-state index contributed by atoms with van der Waals surface area (Å²) in [5, 5.41) is 5.51. The van der Waals surface area contributed by atoms with Gasteiger partial charge in [-0.15, -0.1) is 0 Å². The number of aromatic nitrogens is 2. The third-order valence-corrected chi connectivity index (χ3v) is 5.80. The van der Waals surface area contributed by atoms with Crippen molar-refractivity contribution in [3.63, 3.8) is 0 Å². The number of benzene rings is 1. The molecule has 2 N–H and O–H groups in total. The van der Waals surface area contributed by atoms with Gasteiger partial charge in [-0.1, -0.05) is 0 Å². The van der Waals surface area contributed by atoms with Crippen LogP contribution < -0.4 is 20.4 Å². The molecule has 4 rings (SSSR count). The highest BCUT2D eigenvalue weighted by Crippen LogP contribution is 2.33. The van der Waals surface area contributed by atoms with Crippen molar-refractivity contribution >= 4 is 41.0 Å². The van der Waals surface area contributed by atoms with Crippen LogP contribution in [0.3, 0.4) is 0 Å². The smallest absolute Gasteiger partial charge is 0.298 e. The van der Waals surface area contributed by atoms with E-state index < -0.39 is 24.9 Å². The van der Waals surface area contributed by atoms with Crippen LogP contribution in [0.4, 0.5) is 36.3 Å². The van der Waals surface area contributed by atoms with Crippen LogP contribution >= 0.6 is 0 Å². The van der Waals surface area contributed by atoms with Crippen LogP contribution in [0.5, 0.6) is 0 Å². The van der Waals surface area contributed by atoms with Gasteiger partial charge in [0.1, 0.15) is 0 Å². The normalized spacial score (nSPS) is 17.8. The highest BCUT2D eigenvalue weighted by Gasteiger charge is 2.34. The van der Waals surface area contributed by atoms with Gasteiger partial charge in [0.05, 0.1) is 25.0 Å². The molecule has 2 aliphatic rings. The predicted octanol–water partition coefficient (Wildman–Crippen LogP) is 1.83. The van der Waals surface area contributed by atoms with E-state index in [4.69, 9.17) is 4.74 Å². The Morgan fingerprint density at radius 1 is 1.28 bits per heavy atom. The van der Waals surface area contributed by atoms with E-state index >= 15 is 0 Å². The zero-order valence-corrected chi connectivity index (χ0v) is 20.0. The zero-order chi connectivity index (χ0) is 26.0. The third kappa shape index (κ3) is 5.29. The number of allylic oxidation sites excluding steroid dienone is 1. The molecule has 2 aromatic rings. The fraction of sp³-hybridized carbons (Fsp3) is 0.391. The van der Waals surface area contributed by atoms with Crippen molar-refractivity contribution in [3.8, 4) is 0 Å². The molecule has 0 bridgehead atoms. The van der Waals surface area contributed by atoms with Crippen molar-refractivity contribution in [1.82, 2.24) is 20.2 Å². The first-order chi connectivity index (χ1) is 17.1. The molecule has 1 amide bonds. The van der Waals surface area contributed by atoms with E-state index in [0.29, 0.717) is 36.3 Å². The monoisotopic (exact) mass is 505 g/mol. The van der Waals surface area contributed by atoms with Crippen molar-refractivity contribution in [2.75, 3.05) is 69.0 Å². The summed E-state index contributed by atoms with van der Waals surface area (Å²) >= 11 is 0. The zero-order valence-electron chi connectivity index (χ0n) is 20.0. The second kappa shape index (κ2) is 9.91. The number of carbonyl (C=O) groups excluding carboxylic acids is 2. The number of anilines is 4. The Hall–Kier alpha value is -4.03. The molecule has 192 valence electrons. The number of alkyl halides is 2. The van der Waals surface area contributed by atoms with E-state index in [1.54, 1.807) is 54.0 Å². The van der Waals surface area contributed by atoms with Crippen LogP contribution in [0, 0.1) is 5.82 Å². The number of nitrogens with one attached hydrogen (secondary N) is 2. The van der Waals surface area contributed by atoms with Crippen LogP contribution in [-0.4, -0.2) is 86.9 Å². The van der Waals surface area contributed by atoms with Gasteiger partial charge >= 0.3 is 0 Å². The maximum absolute atomic E-state index is 14.6. The Morgan fingerprint density at radius 2 is 2.06 bits per heavy atom. The summed E-state index contributed by atoms with van der Waals surface area (Å²) in [5.41, 5.74) is 1.47. The molecule has 0 saturated carbocycles. The van der Waals surface area contributed by atoms with E-state index in [9.17, 15) is 22.8 Å². The molecule has 0 radical (unpaired) electrons. The fourth-order valence-corrected chi connectivity index (χ4v) is 3.80. The SMILES string of the molecule is CN1CCN(c2ncc(F)c(Nc3ccc(N(C)C)c(C4=C(C=O)OCC(F)(F)CN4)c3)n2)CC1=O. The largest absolute Gasteiger partial charge is 0.482 e. The highest BCUT2D eigenvalue weighted by molar-refractivity contribution is 5.90. The van der Waals surface area contributed by atoms with Crippen molar-refractivity contribution in [3.05, 3.63) is 41.5 Å². The van der Waals surface area contributed by atoms with Crippen molar-refractivity contribution in [1.29, 1.82) is 0 Å². The second-order valence-corrected chi connectivity index (χ2v) is 8.71. The van der Waals surface area contributed by atoms with Crippen molar-refractivity contribution in [2.24, 2.45) is 0 Å². The molecule has 10 nitrogen and oxygen atoms in total. The summed E-state index contributed by atoms with van der Waals surface area (Å²) < 4.78 is 47.6. The first-order valence-electron chi connectivity index (χ1n) is 11.1. The third-order valence-electron chi connectivity index (χ3n) is 5.80. The minimum Gasteiger partial charge on any atom is -0.482 e. The van der Waals surface area contributed by atoms with E-state index in [0.717, 1.165) is 6.20 Å². The fourth-order valence-electron chi connectivity index (χ4n) is 3.80. The summed E-state index contributed by atoms with van der Waals surface area (Å²) in [5.74, 6) is -4.19. The predicted molar refractivity (Wildman–Crippen MR) is 128 cm³/mol. The molecule has 1 aromatic heterocycles. The van der Waals surface area contributed by atoms with Gasteiger partial charge < -0.3 is 30.1 Å². The van der Waals surface area contributed by atoms with Gasteiger partial charge in [0.2, 0.25) is 11.9 Å². The van der Waals surface area contributed by atoms with Gasteiger partial charge in [0.15, 0.2) is 30.3 Å². The molecule has 1 saturated heterocycles. The maximum Gasteiger partial charge on any atom is 0.298 e. The molecule has 1 fully saturated rings. The highest BCUT2D eigenvalue weighted by atomic mass is 19.3. The first kappa shape index (κ1) is 25.1. The molecule has 0 spiro atoms. The quantitative estimate of drug-likeness (QED) is 0.569. The summed E-state index contributed by atoms with van der Waals surface area (Å²) in [6.07, 6.45) is 1.38. The lowest BCUT2D eigenvalue weighted by atomic mass is 10.1. The number of hydrogen-bond donors (Lipinski definition) is 2. The average molecular weight is 506 g/mol. The Kier molecular flexibility index (Phi) is 6.91. The number of ether oxygens (including phenoxy) is 1. The van der Waals surface area contributed by atoms with E-state index in [1.165, 1.54) is 0 Å². The van der Waals surface area contributed by atoms with E-state index in [1.807, 2.05) is 0 Å². The molecule has 0 aliphatic carbocycles. The number of nitrogens with zero attached hydrogens (tertiary/aromatic N) is 5. The number of carbonyl (C=O) groups is 2. The minimum absolute atomic E-state index is 0.0716. The lowest BCUT2D eigenvalue weighted by Crippen LogP contribution is -2.49. The van der Waals surface area contributed by atoms with Crippen LogP contribution in [0.25, 0.3) is 5.70 Å². The number of rotatable bonds is 6. The summed E-state index contributed by atoms with van der Waals surface area (Å²) in [4.78, 5) is 37.0. The Balaban J connectivity index is 1.68. The van der Waals surface area contributed by atoms with Gasteiger partial charge in [-0.05, 0) is 18.2 Å². The molecule has 13 heteroatoms. The average Bonchev–Trinajstić information content (AvgIpc) is 2.99. The number of halogens is 3. The number of amides is 1. The molecule has 36 heavy (non-hydrogen) atoms. The minimum atomic E-state index is -3.17. The van der Waals surface area contributed by atoms with Crippen molar-refractivity contribution < 1.29 is 27.5 Å². The number of aldehydes is 1. The van der Waals surface area contributed by atoms with Gasteiger partial charge in [-0.2, -0.15) is 4.98 Å². The number of hydrogen-bond acceptors (Lipinski definition) is 9. The summed E-state index contributed by atoms with van der Waals surface area (Å²) in [6.45, 7) is -0.607. The van der Waals surface area contributed by atoms with E-state index in [-0.39, 0.29) is 35.7 Å². The molecule has 0 atom stereocenters. The molecular formula is C23H26F3N7O3. The van der Waals surface area contributed by atoms with Gasteiger partial charge in [-0.3, -0.25) is 9.59 Å². The second-order valence-electron chi connectivity index (χ2n) is 8.71. The summed E-state index contributed by atoms with van der Waals surface area (Å²) in [7, 11) is 5.22. The lowest BCUT2D eigenvalue weighted by Gasteiger charge is -2.32. The number of piperazine rings is 1. The van der Waals surface area contributed by atoms with Crippen LogP contribution in [0.2, 0.25) is 0 Å². The van der Waals surface area contributed by atoms with Crippen LogP contribution in [0.1, 0.15) is 5.56 Å². The Labute approximate surface area is 205 Å². The Morgan fingerprint density at radius 3 is 2.75 bits per heavy atom. The standard InChI is InChI=1S/C23H26F3N7O3/c1-31(2)17-5-4-14(8-15(17)20-18(11-34)36-13-23(25,26)12-28-20)29-21-16(24)9-27-22(30-21)33-7-6-32(3)19(35)10-33/h4-5,8-9,11,28H,6-7,10,12-13H2,1-3H3,(H,27,29,30). The maximum atomic E-state index is 14.6. The molecular weight excluding hydrogens is 479 g/mol. The van der Waals surface area contributed by atoms with E-state index in [2.05, 4.69) is 20.6 Å². The van der Waals surface area contributed by atoms with Gasteiger partial charge in [-0.25, -0.2) is 18.2 Å².